The average Bonchev–Trinajstić information content (AvgIpc) is 2.75. The first-order chi connectivity index (χ1) is 16.5. The van der Waals surface area contributed by atoms with Gasteiger partial charge in [-0.2, -0.15) is 0 Å². The first-order valence-corrected chi connectivity index (χ1v) is 11.1. The number of carbonyl (C=O) groups excluding carboxylic acids is 3. The van der Waals surface area contributed by atoms with Crippen LogP contribution < -0.4 is 21.1 Å². The molecule has 1 saturated heterocycles. The number of rotatable bonds is 9. The van der Waals surface area contributed by atoms with E-state index < -0.39 is 43.0 Å². The van der Waals surface area contributed by atoms with Gasteiger partial charge in [0, 0.05) is 71.1 Å². The predicted octanol–water partition coefficient (Wildman–Crippen LogP) is -5.13. The van der Waals surface area contributed by atoms with Crippen molar-refractivity contribution in [3.63, 3.8) is 0 Å². The largest absolute Gasteiger partial charge is 3.00 e. The van der Waals surface area contributed by atoms with Crippen molar-refractivity contribution in [2.75, 3.05) is 77.7 Å². The molecule has 36 heavy (non-hydrogen) atoms. The van der Waals surface area contributed by atoms with E-state index in [1.165, 1.54) is 4.90 Å². The Morgan fingerprint density at radius 1 is 0.750 bits per heavy atom. The van der Waals surface area contributed by atoms with Crippen molar-refractivity contribution in [3.05, 3.63) is 29.8 Å². The summed E-state index contributed by atoms with van der Waals surface area (Å²) in [5.74, 6) is -5.07. The summed E-state index contributed by atoms with van der Waals surface area (Å²) in [6, 6.07) is 5.08. The summed E-state index contributed by atoms with van der Waals surface area (Å²) in [5.41, 5.74) is 6.59. The molecule has 0 amide bonds. The molecule has 1 aliphatic heterocycles. The fourth-order valence-electron chi connectivity index (χ4n) is 4.02. The molecule has 1 aliphatic rings. The molecule has 1 atom stereocenters. The van der Waals surface area contributed by atoms with Crippen LogP contribution in [-0.4, -0.2) is 121 Å². The van der Waals surface area contributed by atoms with Crippen molar-refractivity contribution in [1.82, 2.24) is 19.6 Å². The van der Waals surface area contributed by atoms with Gasteiger partial charge in [0.1, 0.15) is 0 Å². The zero-order chi connectivity index (χ0) is 26.0. The van der Waals surface area contributed by atoms with E-state index in [0.717, 1.165) is 0 Å². The fraction of sp³-hybridized carbons (Fsp3) is 0.545. The van der Waals surface area contributed by atoms with Crippen molar-refractivity contribution in [2.24, 2.45) is 0 Å². The molecule has 1 heterocycles. The second-order valence-electron chi connectivity index (χ2n) is 8.39. The molecule has 2 rings (SSSR count). The summed E-state index contributed by atoms with van der Waals surface area (Å²) in [5, 5.41) is 43.8. The third kappa shape index (κ3) is 11.4. The minimum absolute atomic E-state index is 0. The second-order valence-corrected chi connectivity index (χ2v) is 8.39. The van der Waals surface area contributed by atoms with Crippen LogP contribution in [0.4, 0.5) is 5.69 Å². The summed E-state index contributed by atoms with van der Waals surface area (Å²) < 4.78 is 0. The fourth-order valence-corrected chi connectivity index (χ4v) is 4.02. The topological polar surface area (TPSA) is 197 Å². The van der Waals surface area contributed by atoms with Crippen LogP contribution in [0.2, 0.25) is 0 Å². The maximum Gasteiger partial charge on any atom is 3.00 e. The van der Waals surface area contributed by atoms with Crippen molar-refractivity contribution in [2.45, 2.75) is 6.04 Å². The van der Waals surface area contributed by atoms with Gasteiger partial charge in [-0.3, -0.25) is 24.4 Å². The molecule has 13 nitrogen and oxygen atoms in total. The standard InChI is InChI=1S/C22H33N5O8.Lu/c23-17-3-1-16(2-4-17)21(22(34)35)27-11-9-25(14-19(30)31)7-5-24(13-18(28)29)6-8-26(10-12-27)15-20(32)33;/h1-4,21H,5-15,23H2,(H,28,29)(H,30,31)(H,32,33)(H,34,35);/q;+3/p-3. The van der Waals surface area contributed by atoms with E-state index in [9.17, 15) is 39.6 Å². The van der Waals surface area contributed by atoms with Crippen LogP contribution in [0.1, 0.15) is 11.6 Å². The van der Waals surface area contributed by atoms with Gasteiger partial charge in [0.15, 0.2) is 0 Å². The number of hydrogen-bond acceptors (Lipinski definition) is 12. The third-order valence-corrected chi connectivity index (χ3v) is 5.78. The summed E-state index contributed by atoms with van der Waals surface area (Å²) in [6.45, 7) is 0.195. The number of carboxylic acid groups (broad SMARTS) is 4. The zero-order valence-corrected chi connectivity index (χ0v) is 21.3. The third-order valence-electron chi connectivity index (χ3n) is 5.78. The van der Waals surface area contributed by atoms with Crippen LogP contribution in [0.25, 0.3) is 0 Å². The maximum atomic E-state index is 12.1. The molecular weight excluding hydrogens is 637 g/mol. The van der Waals surface area contributed by atoms with E-state index in [-0.39, 0.29) is 95.8 Å². The van der Waals surface area contributed by atoms with E-state index >= 15 is 0 Å². The van der Waals surface area contributed by atoms with Gasteiger partial charge >= 0.3 is 42.8 Å². The molecule has 0 bridgehead atoms. The van der Waals surface area contributed by atoms with Gasteiger partial charge in [-0.15, -0.1) is 0 Å². The Bertz CT molecular complexity index is 856. The Labute approximate surface area is 238 Å². The molecular formula is C22H30LuN5O8. The molecule has 3 N–H and O–H groups in total. The van der Waals surface area contributed by atoms with E-state index in [1.54, 1.807) is 39.0 Å². The van der Waals surface area contributed by atoms with Gasteiger partial charge < -0.3 is 40.5 Å². The van der Waals surface area contributed by atoms with Crippen molar-refractivity contribution >= 4 is 29.6 Å². The van der Waals surface area contributed by atoms with E-state index in [2.05, 4.69) is 0 Å². The summed E-state index contributed by atoms with van der Waals surface area (Å²) in [4.78, 5) is 52.2. The number of nitrogens with zero attached hydrogens (tertiary/aromatic N) is 4. The number of nitrogen functional groups attached to an aromatic ring is 1. The Balaban J connectivity index is 0.00000648. The summed E-state index contributed by atoms with van der Waals surface area (Å²) in [7, 11) is 0. The van der Waals surface area contributed by atoms with Gasteiger partial charge in [0.25, 0.3) is 0 Å². The first kappa shape index (κ1) is 32.0. The maximum absolute atomic E-state index is 12.1. The number of nitrogens with two attached hydrogens (primary N) is 1. The SMILES string of the molecule is Nc1ccc(C(C(=O)[O-])N2CCN(CC(=O)[O-])CCN(CC(=O)[O-])CCN(CC(=O)O)CC2)cc1.[Lu+3]. The summed E-state index contributed by atoms with van der Waals surface area (Å²) in [6.07, 6.45) is 0. The van der Waals surface area contributed by atoms with E-state index in [0.29, 0.717) is 11.3 Å². The van der Waals surface area contributed by atoms with Crippen LogP contribution in [-0.2, 0) is 19.2 Å². The van der Waals surface area contributed by atoms with Gasteiger partial charge in [-0.25, -0.2) is 0 Å². The van der Waals surface area contributed by atoms with Crippen molar-refractivity contribution < 1.29 is 76.5 Å². The normalized spacial score (nSPS) is 18.2. The zero-order valence-electron chi connectivity index (χ0n) is 19.6. The molecule has 1 aromatic carbocycles. The number of carboxylic acids is 4. The second kappa shape index (κ2) is 15.9. The average molecular weight is 667 g/mol. The molecule has 0 saturated carbocycles. The molecule has 1 aromatic rings. The quantitative estimate of drug-likeness (QED) is 0.238. The molecule has 14 heteroatoms. The first-order valence-electron chi connectivity index (χ1n) is 11.1. The van der Waals surface area contributed by atoms with Crippen molar-refractivity contribution in [1.29, 1.82) is 0 Å². The van der Waals surface area contributed by atoms with Gasteiger partial charge in [0.2, 0.25) is 0 Å². The van der Waals surface area contributed by atoms with Crippen LogP contribution in [0, 0.1) is 36.9 Å². The number of aliphatic carboxylic acids is 4. The monoisotopic (exact) mass is 667 g/mol. The molecule has 1 fully saturated rings. The Morgan fingerprint density at radius 3 is 1.50 bits per heavy atom. The van der Waals surface area contributed by atoms with Gasteiger partial charge in [-0.1, -0.05) is 12.1 Å². The van der Waals surface area contributed by atoms with Gasteiger partial charge in [0.05, 0.1) is 30.5 Å². The number of benzene rings is 1. The molecule has 0 radical (unpaired) electrons. The number of carbonyl (C=O) groups is 4. The minimum Gasteiger partial charge on any atom is -0.549 e. The molecule has 0 aromatic heterocycles. The minimum atomic E-state index is -1.36. The van der Waals surface area contributed by atoms with E-state index in [4.69, 9.17) is 5.73 Å². The Kier molecular flexibility index (Phi) is 14.2. The van der Waals surface area contributed by atoms with Crippen LogP contribution >= 0.6 is 0 Å². The van der Waals surface area contributed by atoms with E-state index in [1.807, 2.05) is 0 Å². The van der Waals surface area contributed by atoms with Crippen molar-refractivity contribution in [3.8, 4) is 0 Å². The molecule has 0 spiro atoms. The molecule has 1 unspecified atom stereocenters. The molecule has 0 aliphatic carbocycles. The predicted molar refractivity (Wildman–Crippen MR) is 117 cm³/mol. The molecule has 206 valence electrons. The Morgan fingerprint density at radius 2 is 1.14 bits per heavy atom. The van der Waals surface area contributed by atoms with Gasteiger partial charge in [-0.05, 0) is 17.7 Å². The van der Waals surface area contributed by atoms with Crippen LogP contribution in [0.5, 0.6) is 0 Å². The Hall–Kier alpha value is -2.03. The smallest absolute Gasteiger partial charge is 0.549 e. The number of hydrogen-bond donors (Lipinski definition) is 2. The number of anilines is 1. The van der Waals surface area contributed by atoms with Crippen LogP contribution in [0.15, 0.2) is 24.3 Å². The summed E-state index contributed by atoms with van der Waals surface area (Å²) >= 11 is 0. The van der Waals surface area contributed by atoms with Crippen LogP contribution in [0.3, 0.4) is 0 Å².